The molecule has 0 radical (unpaired) electrons. The van der Waals surface area contributed by atoms with Crippen LogP contribution in [-0.2, 0) is 5.54 Å². The summed E-state index contributed by atoms with van der Waals surface area (Å²) in [6.07, 6.45) is 3.72. The smallest absolute Gasteiger partial charge is 0.0969 e. The van der Waals surface area contributed by atoms with E-state index in [-0.39, 0.29) is 5.54 Å². The van der Waals surface area contributed by atoms with Gasteiger partial charge in [-0.2, -0.15) is 5.10 Å². The zero-order valence-electron chi connectivity index (χ0n) is 8.80. The molecule has 0 aliphatic rings. The fraction of sp³-hybridized carbons (Fsp3) is 0.250. The maximum Gasteiger partial charge on any atom is 0.0969 e. The number of hydrogen-bond acceptors (Lipinski definition) is 2. The molecule has 0 fully saturated rings. The van der Waals surface area contributed by atoms with E-state index >= 15 is 0 Å². The van der Waals surface area contributed by atoms with Gasteiger partial charge in [-0.15, -0.1) is 0 Å². The molecule has 1 aromatic carbocycles. The van der Waals surface area contributed by atoms with Gasteiger partial charge in [0.2, 0.25) is 0 Å². The minimum Gasteiger partial charge on any atom is -0.328 e. The van der Waals surface area contributed by atoms with Crippen molar-refractivity contribution in [2.24, 2.45) is 5.73 Å². The summed E-state index contributed by atoms with van der Waals surface area (Å²) < 4.78 is 1.91. The number of aromatic nitrogens is 2. The molecule has 1 heterocycles. The standard InChI is InChI=1S/C12H15N3/c1-12(10-13,15-9-5-8-14-15)11-6-3-2-4-7-11/h2-9H,10,13H2,1H3. The maximum atomic E-state index is 5.87. The highest BCUT2D eigenvalue weighted by molar-refractivity contribution is 5.25. The van der Waals surface area contributed by atoms with Gasteiger partial charge in [0, 0.05) is 18.9 Å². The highest BCUT2D eigenvalue weighted by Gasteiger charge is 2.26. The monoisotopic (exact) mass is 201 g/mol. The molecule has 1 unspecified atom stereocenters. The van der Waals surface area contributed by atoms with E-state index in [1.165, 1.54) is 5.56 Å². The van der Waals surface area contributed by atoms with E-state index in [2.05, 4.69) is 24.2 Å². The van der Waals surface area contributed by atoms with Crippen molar-refractivity contribution in [2.45, 2.75) is 12.5 Å². The predicted molar refractivity (Wildman–Crippen MR) is 60.5 cm³/mol. The molecule has 1 aromatic heterocycles. The van der Waals surface area contributed by atoms with Crippen molar-refractivity contribution in [3.05, 3.63) is 54.4 Å². The molecule has 3 nitrogen and oxygen atoms in total. The van der Waals surface area contributed by atoms with Gasteiger partial charge in [-0.25, -0.2) is 0 Å². The Labute approximate surface area is 89.5 Å². The molecule has 0 spiro atoms. The van der Waals surface area contributed by atoms with Crippen LogP contribution in [0.1, 0.15) is 12.5 Å². The number of rotatable bonds is 3. The molecular weight excluding hydrogens is 186 g/mol. The van der Waals surface area contributed by atoms with Crippen molar-refractivity contribution >= 4 is 0 Å². The van der Waals surface area contributed by atoms with Crippen LogP contribution in [-0.4, -0.2) is 16.3 Å². The summed E-state index contributed by atoms with van der Waals surface area (Å²) in [5.74, 6) is 0. The van der Waals surface area contributed by atoms with E-state index in [9.17, 15) is 0 Å². The summed E-state index contributed by atoms with van der Waals surface area (Å²) >= 11 is 0. The molecule has 2 rings (SSSR count). The second kappa shape index (κ2) is 3.87. The highest BCUT2D eigenvalue weighted by atomic mass is 15.3. The number of hydrogen-bond donors (Lipinski definition) is 1. The van der Waals surface area contributed by atoms with Crippen LogP contribution in [0.2, 0.25) is 0 Å². The van der Waals surface area contributed by atoms with Crippen LogP contribution in [0.25, 0.3) is 0 Å². The quantitative estimate of drug-likeness (QED) is 0.819. The summed E-state index contributed by atoms with van der Waals surface area (Å²) in [7, 11) is 0. The lowest BCUT2D eigenvalue weighted by molar-refractivity contribution is 0.364. The van der Waals surface area contributed by atoms with E-state index in [1.54, 1.807) is 6.20 Å². The Kier molecular flexibility index (Phi) is 2.56. The second-order valence-electron chi connectivity index (χ2n) is 3.79. The van der Waals surface area contributed by atoms with Gasteiger partial charge in [0.05, 0.1) is 5.54 Å². The predicted octanol–water partition coefficient (Wildman–Crippen LogP) is 1.61. The molecule has 78 valence electrons. The Hall–Kier alpha value is -1.61. The van der Waals surface area contributed by atoms with Crippen LogP contribution in [0.3, 0.4) is 0 Å². The third-order valence-electron chi connectivity index (χ3n) is 2.80. The van der Waals surface area contributed by atoms with Gasteiger partial charge in [0.25, 0.3) is 0 Å². The Morgan fingerprint density at radius 2 is 2.00 bits per heavy atom. The first-order valence-electron chi connectivity index (χ1n) is 5.03. The fourth-order valence-corrected chi connectivity index (χ4v) is 1.70. The summed E-state index contributed by atoms with van der Waals surface area (Å²) in [6, 6.07) is 12.1. The maximum absolute atomic E-state index is 5.87. The lowest BCUT2D eigenvalue weighted by Gasteiger charge is -2.29. The topological polar surface area (TPSA) is 43.8 Å². The first kappa shape index (κ1) is 9.93. The van der Waals surface area contributed by atoms with Crippen LogP contribution in [0, 0.1) is 0 Å². The first-order valence-corrected chi connectivity index (χ1v) is 5.03. The molecule has 15 heavy (non-hydrogen) atoms. The molecule has 2 N–H and O–H groups in total. The largest absolute Gasteiger partial charge is 0.328 e. The van der Waals surface area contributed by atoms with Gasteiger partial charge >= 0.3 is 0 Å². The summed E-state index contributed by atoms with van der Waals surface area (Å²) in [5, 5.41) is 4.27. The van der Waals surface area contributed by atoms with Gasteiger partial charge in [-0.3, -0.25) is 4.68 Å². The second-order valence-corrected chi connectivity index (χ2v) is 3.79. The molecule has 2 aromatic rings. The SMILES string of the molecule is CC(CN)(c1ccccc1)n1cccn1. The van der Waals surface area contributed by atoms with E-state index < -0.39 is 0 Å². The fourth-order valence-electron chi connectivity index (χ4n) is 1.70. The average molecular weight is 201 g/mol. The molecule has 0 amide bonds. The summed E-state index contributed by atoms with van der Waals surface area (Å²) in [6.45, 7) is 2.62. The normalized spacial score (nSPS) is 14.8. The summed E-state index contributed by atoms with van der Waals surface area (Å²) in [4.78, 5) is 0. The average Bonchev–Trinajstić information content (AvgIpc) is 2.83. The van der Waals surface area contributed by atoms with Crippen molar-refractivity contribution in [3.63, 3.8) is 0 Å². The zero-order valence-corrected chi connectivity index (χ0v) is 8.80. The van der Waals surface area contributed by atoms with Gasteiger partial charge in [-0.05, 0) is 18.6 Å². The van der Waals surface area contributed by atoms with Crippen LogP contribution < -0.4 is 5.73 Å². The van der Waals surface area contributed by atoms with Crippen LogP contribution in [0.4, 0.5) is 0 Å². The molecule has 1 atom stereocenters. The van der Waals surface area contributed by atoms with E-state index in [0.717, 1.165) is 0 Å². The van der Waals surface area contributed by atoms with E-state index in [0.29, 0.717) is 6.54 Å². The van der Waals surface area contributed by atoms with Crippen LogP contribution in [0.5, 0.6) is 0 Å². The van der Waals surface area contributed by atoms with Crippen molar-refractivity contribution in [1.29, 1.82) is 0 Å². The van der Waals surface area contributed by atoms with Crippen molar-refractivity contribution in [2.75, 3.05) is 6.54 Å². The molecule has 0 bridgehead atoms. The zero-order chi connectivity index (χ0) is 10.7. The third kappa shape index (κ3) is 1.66. The summed E-state index contributed by atoms with van der Waals surface area (Å²) in [5.41, 5.74) is 6.79. The number of benzene rings is 1. The molecule has 0 saturated heterocycles. The van der Waals surface area contributed by atoms with E-state index in [4.69, 9.17) is 5.73 Å². The number of nitrogens with zero attached hydrogens (tertiary/aromatic N) is 2. The molecule has 0 saturated carbocycles. The molecular formula is C12H15N3. The first-order chi connectivity index (χ1) is 7.27. The molecule has 3 heteroatoms. The van der Waals surface area contributed by atoms with Gasteiger partial charge < -0.3 is 5.73 Å². The van der Waals surface area contributed by atoms with Crippen molar-refractivity contribution < 1.29 is 0 Å². The lowest BCUT2D eigenvalue weighted by atomic mass is 9.92. The number of nitrogens with two attached hydrogens (primary N) is 1. The minimum absolute atomic E-state index is 0.259. The van der Waals surface area contributed by atoms with Crippen molar-refractivity contribution in [3.8, 4) is 0 Å². The lowest BCUT2D eigenvalue weighted by Crippen LogP contribution is -2.39. The van der Waals surface area contributed by atoms with Gasteiger partial charge in [-0.1, -0.05) is 30.3 Å². The van der Waals surface area contributed by atoms with Crippen LogP contribution >= 0.6 is 0 Å². The van der Waals surface area contributed by atoms with Gasteiger partial charge in [0.15, 0.2) is 0 Å². The Morgan fingerprint density at radius 3 is 2.53 bits per heavy atom. The van der Waals surface area contributed by atoms with Crippen LogP contribution in [0.15, 0.2) is 48.8 Å². The minimum atomic E-state index is -0.259. The molecule has 0 aliphatic heterocycles. The third-order valence-corrected chi connectivity index (χ3v) is 2.80. The Morgan fingerprint density at radius 1 is 1.27 bits per heavy atom. The van der Waals surface area contributed by atoms with E-state index in [1.807, 2.05) is 35.1 Å². The Bertz CT molecular complexity index is 408. The Balaban J connectivity index is 2.47. The highest BCUT2D eigenvalue weighted by Crippen LogP contribution is 2.23. The van der Waals surface area contributed by atoms with Crippen molar-refractivity contribution in [1.82, 2.24) is 9.78 Å². The molecule has 0 aliphatic carbocycles. The van der Waals surface area contributed by atoms with Gasteiger partial charge in [0.1, 0.15) is 0 Å².